The summed E-state index contributed by atoms with van der Waals surface area (Å²) >= 11 is 0. The summed E-state index contributed by atoms with van der Waals surface area (Å²) in [4.78, 5) is 4.91. The predicted octanol–water partition coefficient (Wildman–Crippen LogP) is 14.0. The highest BCUT2D eigenvalue weighted by molar-refractivity contribution is 5.92. The molecule has 54 heavy (non-hydrogen) atoms. The van der Waals surface area contributed by atoms with Crippen LogP contribution >= 0.6 is 0 Å². The van der Waals surface area contributed by atoms with E-state index in [2.05, 4.69) is 228 Å². The monoisotopic (exact) mass is 690 g/mol. The van der Waals surface area contributed by atoms with Crippen molar-refractivity contribution < 1.29 is 0 Å². The van der Waals surface area contributed by atoms with E-state index in [0.717, 1.165) is 17.1 Å². The summed E-state index contributed by atoms with van der Waals surface area (Å²) < 4.78 is 0. The molecule has 2 heteroatoms. The fraction of sp³-hybridized carbons (Fsp3) is 0.0385. The van der Waals surface area contributed by atoms with Gasteiger partial charge in [-0.05, 0) is 110 Å². The van der Waals surface area contributed by atoms with Crippen molar-refractivity contribution in [2.75, 3.05) is 9.80 Å². The molecular weight excluding hydrogens is 653 g/mol. The molecule has 1 heterocycles. The van der Waals surface area contributed by atoms with Gasteiger partial charge in [-0.15, -0.1) is 0 Å². The van der Waals surface area contributed by atoms with Gasteiger partial charge in [0, 0.05) is 34.4 Å². The Morgan fingerprint density at radius 3 is 1.57 bits per heavy atom. The molecule has 2 nitrogen and oxygen atoms in total. The van der Waals surface area contributed by atoms with E-state index in [4.69, 9.17) is 0 Å². The first-order valence-corrected chi connectivity index (χ1v) is 18.8. The highest BCUT2D eigenvalue weighted by Crippen LogP contribution is 2.50. The summed E-state index contributed by atoms with van der Waals surface area (Å²) in [6.45, 7) is 0. The topological polar surface area (TPSA) is 6.48 Å². The fourth-order valence-corrected chi connectivity index (χ4v) is 8.36. The van der Waals surface area contributed by atoms with Crippen molar-refractivity contribution in [3.05, 3.63) is 224 Å². The molecule has 10 rings (SSSR count). The van der Waals surface area contributed by atoms with Crippen molar-refractivity contribution in [1.82, 2.24) is 0 Å². The zero-order valence-corrected chi connectivity index (χ0v) is 29.8. The molecule has 1 aliphatic heterocycles. The minimum Gasteiger partial charge on any atom is -0.333 e. The van der Waals surface area contributed by atoms with Gasteiger partial charge >= 0.3 is 0 Å². The SMILES string of the molecule is C1=CC2c3cc4ccccc4cc3N(c3ccc(N(c4ccc(-c5ccccc5)cc4)c4ccc(-c5ccccc5)c(-c5ccccc5)c4)cc3)C2C=C1. The molecule has 2 unspecified atom stereocenters. The molecule has 0 N–H and O–H groups in total. The maximum atomic E-state index is 2.53. The van der Waals surface area contributed by atoms with Crippen molar-refractivity contribution in [2.24, 2.45) is 0 Å². The van der Waals surface area contributed by atoms with Gasteiger partial charge in [-0.25, -0.2) is 0 Å². The minimum absolute atomic E-state index is 0.230. The highest BCUT2D eigenvalue weighted by atomic mass is 15.2. The van der Waals surface area contributed by atoms with Crippen LogP contribution in [0.2, 0.25) is 0 Å². The van der Waals surface area contributed by atoms with Crippen LogP contribution in [-0.2, 0) is 0 Å². The van der Waals surface area contributed by atoms with Gasteiger partial charge in [-0.2, -0.15) is 0 Å². The Kier molecular flexibility index (Phi) is 8.00. The molecular formula is C52H38N2. The Balaban J connectivity index is 1.10. The fourth-order valence-electron chi connectivity index (χ4n) is 8.36. The first-order chi connectivity index (χ1) is 26.8. The third-order valence-corrected chi connectivity index (χ3v) is 11.0. The van der Waals surface area contributed by atoms with Crippen molar-refractivity contribution in [2.45, 2.75) is 12.0 Å². The van der Waals surface area contributed by atoms with Crippen LogP contribution in [-0.4, -0.2) is 6.04 Å². The van der Waals surface area contributed by atoms with Crippen molar-refractivity contribution in [3.8, 4) is 33.4 Å². The van der Waals surface area contributed by atoms with Gasteiger partial charge < -0.3 is 9.80 Å². The molecule has 2 aliphatic rings. The summed E-state index contributed by atoms with van der Waals surface area (Å²) in [5.74, 6) is 0.313. The number of anilines is 5. The van der Waals surface area contributed by atoms with E-state index in [1.54, 1.807) is 0 Å². The van der Waals surface area contributed by atoms with E-state index in [1.807, 2.05) is 0 Å². The molecule has 1 aliphatic carbocycles. The van der Waals surface area contributed by atoms with E-state index in [-0.39, 0.29) is 6.04 Å². The first kappa shape index (κ1) is 31.8. The third-order valence-electron chi connectivity index (χ3n) is 11.0. The van der Waals surface area contributed by atoms with Gasteiger partial charge in [0.2, 0.25) is 0 Å². The zero-order chi connectivity index (χ0) is 35.8. The molecule has 0 bridgehead atoms. The number of allylic oxidation sites excluding steroid dienone is 2. The maximum Gasteiger partial charge on any atom is 0.0629 e. The molecule has 0 amide bonds. The number of hydrogen-bond acceptors (Lipinski definition) is 2. The van der Waals surface area contributed by atoms with Crippen LogP contribution in [0.4, 0.5) is 28.4 Å². The molecule has 8 aromatic rings. The number of rotatable bonds is 7. The highest BCUT2D eigenvalue weighted by Gasteiger charge is 2.37. The molecule has 0 spiro atoms. The van der Waals surface area contributed by atoms with Crippen LogP contribution < -0.4 is 9.80 Å². The van der Waals surface area contributed by atoms with Crippen LogP contribution in [0.25, 0.3) is 44.2 Å². The van der Waals surface area contributed by atoms with E-state index in [1.165, 1.54) is 61.1 Å². The van der Waals surface area contributed by atoms with Crippen LogP contribution in [0.3, 0.4) is 0 Å². The lowest BCUT2D eigenvalue weighted by Crippen LogP contribution is -2.28. The summed E-state index contributed by atoms with van der Waals surface area (Å²) in [5, 5.41) is 2.56. The van der Waals surface area contributed by atoms with E-state index >= 15 is 0 Å². The molecule has 0 saturated carbocycles. The lowest BCUT2D eigenvalue weighted by molar-refractivity contribution is 0.745. The Labute approximate surface area is 317 Å². The van der Waals surface area contributed by atoms with Gasteiger partial charge in [0.05, 0.1) is 6.04 Å². The van der Waals surface area contributed by atoms with Crippen LogP contribution in [0.5, 0.6) is 0 Å². The van der Waals surface area contributed by atoms with Crippen molar-refractivity contribution >= 4 is 39.2 Å². The largest absolute Gasteiger partial charge is 0.333 e. The van der Waals surface area contributed by atoms with Crippen LogP contribution in [0.15, 0.2) is 218 Å². The maximum absolute atomic E-state index is 2.53. The summed E-state index contributed by atoms with van der Waals surface area (Å²) in [6.07, 6.45) is 9.10. The average molecular weight is 691 g/mol. The molecule has 0 aromatic heterocycles. The lowest BCUT2D eigenvalue weighted by atomic mass is 9.90. The zero-order valence-electron chi connectivity index (χ0n) is 29.8. The standard InChI is InChI=1S/C52H38N2/c1-4-14-37(15-5-1)38-24-26-43(27-25-38)53(46-32-33-47(39-16-6-2-7-17-39)49(36-46)40-18-8-3-9-19-40)44-28-30-45(31-29-44)54-51-23-13-12-22-48(51)50-34-41-20-10-11-21-42(41)35-52(50)54/h1-36,48,51H. The number of benzene rings is 8. The molecule has 0 radical (unpaired) electrons. The van der Waals surface area contributed by atoms with Crippen molar-refractivity contribution in [3.63, 3.8) is 0 Å². The van der Waals surface area contributed by atoms with Gasteiger partial charge in [0.1, 0.15) is 0 Å². The molecule has 0 fully saturated rings. The molecule has 8 aromatic carbocycles. The van der Waals surface area contributed by atoms with E-state index in [0.29, 0.717) is 5.92 Å². The number of fused-ring (bicyclic) bond motifs is 4. The average Bonchev–Trinajstić information content (AvgIpc) is 3.57. The van der Waals surface area contributed by atoms with Crippen LogP contribution in [0, 0.1) is 0 Å². The third kappa shape index (κ3) is 5.70. The first-order valence-electron chi connectivity index (χ1n) is 18.8. The van der Waals surface area contributed by atoms with Gasteiger partial charge in [0.25, 0.3) is 0 Å². The van der Waals surface area contributed by atoms with Gasteiger partial charge in [-0.1, -0.05) is 158 Å². The quantitative estimate of drug-likeness (QED) is 0.164. The van der Waals surface area contributed by atoms with E-state index < -0.39 is 0 Å². The Hall–Kier alpha value is -6.90. The Morgan fingerprint density at radius 1 is 0.389 bits per heavy atom. The van der Waals surface area contributed by atoms with E-state index in [9.17, 15) is 0 Å². The second-order valence-corrected chi connectivity index (χ2v) is 14.1. The summed E-state index contributed by atoms with van der Waals surface area (Å²) in [5.41, 5.74) is 14.4. The van der Waals surface area contributed by atoms with Gasteiger partial charge in [0.15, 0.2) is 0 Å². The lowest BCUT2D eigenvalue weighted by Gasteiger charge is -2.30. The second-order valence-electron chi connectivity index (χ2n) is 14.1. The second kappa shape index (κ2) is 13.6. The normalized spacial score (nSPS) is 15.6. The molecule has 0 saturated heterocycles. The number of hydrogen-bond donors (Lipinski definition) is 0. The summed E-state index contributed by atoms with van der Waals surface area (Å²) in [6, 6.07) is 70.7. The number of nitrogens with zero attached hydrogens (tertiary/aromatic N) is 2. The minimum atomic E-state index is 0.230. The smallest absolute Gasteiger partial charge is 0.0629 e. The molecule has 256 valence electrons. The Bertz CT molecular complexity index is 2640. The van der Waals surface area contributed by atoms with Gasteiger partial charge in [-0.3, -0.25) is 0 Å². The predicted molar refractivity (Wildman–Crippen MR) is 228 cm³/mol. The van der Waals surface area contributed by atoms with Crippen molar-refractivity contribution in [1.29, 1.82) is 0 Å². The summed E-state index contributed by atoms with van der Waals surface area (Å²) in [7, 11) is 0. The molecule has 2 atom stereocenters. The van der Waals surface area contributed by atoms with Crippen LogP contribution in [0.1, 0.15) is 11.5 Å². The Morgan fingerprint density at radius 2 is 0.907 bits per heavy atom.